The highest BCUT2D eigenvalue weighted by Crippen LogP contribution is 2.19. The molecular formula is C14H16N4O2S. The lowest BCUT2D eigenvalue weighted by molar-refractivity contribution is -0.137. The number of carboxylic acid groups (broad SMARTS) is 1. The Labute approximate surface area is 127 Å². The average Bonchev–Trinajstić information content (AvgIpc) is 2.77. The first-order valence-corrected chi connectivity index (χ1v) is 6.89. The van der Waals surface area contributed by atoms with Gasteiger partial charge in [-0.25, -0.2) is 0 Å². The molecule has 0 aliphatic heterocycles. The van der Waals surface area contributed by atoms with E-state index in [9.17, 15) is 4.79 Å². The Kier molecular flexibility index (Phi) is 4.89. The number of aliphatic carboxylic acids is 1. The van der Waals surface area contributed by atoms with Gasteiger partial charge in [0, 0.05) is 29.2 Å². The highest BCUT2D eigenvalue weighted by molar-refractivity contribution is 7.80. The highest BCUT2D eigenvalue weighted by Gasteiger charge is 2.08. The Bertz CT molecular complexity index is 693. The fraction of sp³-hybridized carbons (Fsp3) is 0.214. The zero-order valence-electron chi connectivity index (χ0n) is 11.5. The second-order valence-corrected chi connectivity index (χ2v) is 4.76. The molecule has 0 aliphatic rings. The first-order valence-electron chi connectivity index (χ1n) is 6.48. The molecule has 3 N–H and O–H groups in total. The fourth-order valence-corrected chi connectivity index (χ4v) is 2.21. The molecule has 110 valence electrons. The predicted octanol–water partition coefficient (Wildman–Crippen LogP) is 1.54. The van der Waals surface area contributed by atoms with Gasteiger partial charge in [-0.1, -0.05) is 18.2 Å². The standard InChI is InChI=1S/C14H16N4O2S/c1-2-15-14(21)17-16-7-10-8-18(9-13(19)20)12-6-4-3-5-11(10)12/h3-8H,2,9H2,1H3,(H,19,20)(H2,15,17,21)/b16-7-. The number of benzene rings is 1. The molecule has 0 fully saturated rings. The van der Waals surface area contributed by atoms with Gasteiger partial charge >= 0.3 is 5.97 Å². The monoisotopic (exact) mass is 304 g/mol. The first-order chi connectivity index (χ1) is 10.1. The van der Waals surface area contributed by atoms with Crippen LogP contribution in [0.25, 0.3) is 10.9 Å². The van der Waals surface area contributed by atoms with Crippen molar-refractivity contribution in [3.63, 3.8) is 0 Å². The van der Waals surface area contributed by atoms with E-state index in [1.807, 2.05) is 31.2 Å². The van der Waals surface area contributed by atoms with E-state index in [0.29, 0.717) is 5.11 Å². The average molecular weight is 304 g/mol. The highest BCUT2D eigenvalue weighted by atomic mass is 32.1. The molecule has 0 aliphatic carbocycles. The van der Waals surface area contributed by atoms with Gasteiger partial charge in [0.05, 0.1) is 6.21 Å². The Balaban J connectivity index is 2.25. The van der Waals surface area contributed by atoms with Crippen molar-refractivity contribution in [3.05, 3.63) is 36.0 Å². The van der Waals surface area contributed by atoms with E-state index >= 15 is 0 Å². The molecule has 2 aromatic rings. The third-order valence-corrected chi connectivity index (χ3v) is 3.07. The number of carbonyl (C=O) groups is 1. The quantitative estimate of drug-likeness (QED) is 0.444. The Morgan fingerprint density at radius 1 is 1.48 bits per heavy atom. The van der Waals surface area contributed by atoms with Crippen LogP contribution in [0, 0.1) is 0 Å². The van der Waals surface area contributed by atoms with Crippen LogP contribution in [-0.4, -0.2) is 33.5 Å². The van der Waals surface area contributed by atoms with Gasteiger partial charge in [-0.15, -0.1) is 0 Å². The zero-order valence-corrected chi connectivity index (χ0v) is 12.4. The lowest BCUT2D eigenvalue weighted by atomic mass is 10.2. The summed E-state index contributed by atoms with van der Waals surface area (Å²) in [6.45, 7) is 2.58. The minimum atomic E-state index is -0.884. The van der Waals surface area contributed by atoms with Gasteiger partial charge < -0.3 is 15.0 Å². The van der Waals surface area contributed by atoms with Crippen molar-refractivity contribution in [3.8, 4) is 0 Å². The van der Waals surface area contributed by atoms with Crippen molar-refractivity contribution in [2.45, 2.75) is 13.5 Å². The van der Waals surface area contributed by atoms with Gasteiger partial charge in [0.25, 0.3) is 0 Å². The number of nitrogens with zero attached hydrogens (tertiary/aromatic N) is 2. The minimum Gasteiger partial charge on any atom is -0.480 e. The Hall–Kier alpha value is -2.41. The number of carboxylic acids is 1. The molecule has 0 bridgehead atoms. The number of fused-ring (bicyclic) bond motifs is 1. The van der Waals surface area contributed by atoms with E-state index in [4.69, 9.17) is 17.3 Å². The molecule has 0 saturated carbocycles. The number of thiocarbonyl (C=S) groups is 1. The van der Waals surface area contributed by atoms with Crippen LogP contribution in [0.4, 0.5) is 0 Å². The molecule has 0 atom stereocenters. The predicted molar refractivity (Wildman–Crippen MR) is 86.6 cm³/mol. The molecule has 1 aromatic heterocycles. The van der Waals surface area contributed by atoms with Crippen LogP contribution in [-0.2, 0) is 11.3 Å². The van der Waals surface area contributed by atoms with Crippen molar-refractivity contribution >= 4 is 40.4 Å². The minimum absolute atomic E-state index is 0.0857. The third kappa shape index (κ3) is 3.79. The summed E-state index contributed by atoms with van der Waals surface area (Å²) in [6.07, 6.45) is 3.39. The number of hydrogen-bond acceptors (Lipinski definition) is 3. The van der Waals surface area contributed by atoms with E-state index in [-0.39, 0.29) is 6.54 Å². The van der Waals surface area contributed by atoms with Crippen molar-refractivity contribution in [2.24, 2.45) is 5.10 Å². The molecule has 21 heavy (non-hydrogen) atoms. The van der Waals surface area contributed by atoms with Crippen LogP contribution in [0.15, 0.2) is 35.6 Å². The number of hydrazone groups is 1. The molecular weight excluding hydrogens is 288 g/mol. The normalized spacial score (nSPS) is 10.9. The Morgan fingerprint density at radius 2 is 2.24 bits per heavy atom. The van der Waals surface area contributed by atoms with Crippen molar-refractivity contribution < 1.29 is 9.90 Å². The van der Waals surface area contributed by atoms with E-state index in [2.05, 4.69) is 15.8 Å². The molecule has 0 radical (unpaired) electrons. The van der Waals surface area contributed by atoms with Gasteiger partial charge in [-0.05, 0) is 25.2 Å². The van der Waals surface area contributed by atoms with Gasteiger partial charge in [0.15, 0.2) is 5.11 Å². The van der Waals surface area contributed by atoms with Crippen molar-refractivity contribution in [1.29, 1.82) is 0 Å². The van der Waals surface area contributed by atoms with Crippen LogP contribution in [0.2, 0.25) is 0 Å². The maximum absolute atomic E-state index is 10.9. The number of para-hydroxylation sites is 1. The van der Waals surface area contributed by atoms with E-state index in [1.54, 1.807) is 17.0 Å². The van der Waals surface area contributed by atoms with Gasteiger partial charge in [0.2, 0.25) is 0 Å². The van der Waals surface area contributed by atoms with Crippen LogP contribution in [0.3, 0.4) is 0 Å². The summed E-state index contributed by atoms with van der Waals surface area (Å²) in [5.41, 5.74) is 4.40. The van der Waals surface area contributed by atoms with Gasteiger partial charge in [0.1, 0.15) is 6.54 Å². The fourth-order valence-electron chi connectivity index (χ4n) is 2.02. The van der Waals surface area contributed by atoms with Crippen LogP contribution >= 0.6 is 12.2 Å². The van der Waals surface area contributed by atoms with Crippen molar-refractivity contribution in [2.75, 3.05) is 6.54 Å². The molecule has 0 saturated heterocycles. The van der Waals surface area contributed by atoms with Crippen LogP contribution < -0.4 is 10.7 Å². The van der Waals surface area contributed by atoms with Crippen LogP contribution in [0.1, 0.15) is 12.5 Å². The molecule has 1 heterocycles. The summed E-state index contributed by atoms with van der Waals surface area (Å²) < 4.78 is 1.68. The summed E-state index contributed by atoms with van der Waals surface area (Å²) in [4.78, 5) is 10.9. The molecule has 6 nitrogen and oxygen atoms in total. The number of aromatic nitrogens is 1. The smallest absolute Gasteiger partial charge is 0.323 e. The molecule has 0 amide bonds. The number of rotatable bonds is 5. The molecule has 0 unspecified atom stereocenters. The summed E-state index contributed by atoms with van der Waals surface area (Å²) >= 11 is 5.01. The SMILES string of the molecule is CCNC(=S)N/N=C\c1cn(CC(=O)O)c2ccccc12. The summed E-state index contributed by atoms with van der Waals surface area (Å²) in [5.74, 6) is -0.884. The zero-order chi connectivity index (χ0) is 15.2. The first kappa shape index (κ1) is 15.0. The lowest BCUT2D eigenvalue weighted by Gasteiger charge is -2.02. The lowest BCUT2D eigenvalue weighted by Crippen LogP contribution is -2.31. The van der Waals surface area contributed by atoms with Crippen molar-refractivity contribution in [1.82, 2.24) is 15.3 Å². The topological polar surface area (TPSA) is 78.7 Å². The molecule has 7 heteroatoms. The van der Waals surface area contributed by atoms with E-state index in [0.717, 1.165) is 23.0 Å². The number of hydrogen-bond donors (Lipinski definition) is 3. The largest absolute Gasteiger partial charge is 0.480 e. The van der Waals surface area contributed by atoms with E-state index < -0.39 is 5.97 Å². The second-order valence-electron chi connectivity index (χ2n) is 4.35. The second kappa shape index (κ2) is 6.85. The van der Waals surface area contributed by atoms with E-state index in [1.165, 1.54) is 0 Å². The summed E-state index contributed by atoms with van der Waals surface area (Å²) in [5, 5.41) is 17.3. The summed E-state index contributed by atoms with van der Waals surface area (Å²) in [7, 11) is 0. The molecule has 0 spiro atoms. The molecule has 1 aromatic carbocycles. The molecule has 2 rings (SSSR count). The van der Waals surface area contributed by atoms with Gasteiger partial charge in [-0.2, -0.15) is 5.10 Å². The van der Waals surface area contributed by atoms with Crippen LogP contribution in [0.5, 0.6) is 0 Å². The maximum atomic E-state index is 10.9. The number of nitrogens with one attached hydrogen (secondary N) is 2. The van der Waals surface area contributed by atoms with Gasteiger partial charge in [-0.3, -0.25) is 10.2 Å². The maximum Gasteiger partial charge on any atom is 0.323 e. The summed E-state index contributed by atoms with van der Waals surface area (Å²) in [6, 6.07) is 7.59. The third-order valence-electron chi connectivity index (χ3n) is 2.83. The Morgan fingerprint density at radius 3 is 2.95 bits per heavy atom.